The van der Waals surface area contributed by atoms with E-state index < -0.39 is 14.6 Å². The number of sulfone groups is 1. The predicted octanol–water partition coefficient (Wildman–Crippen LogP) is 1.15. The molecule has 1 aliphatic rings. The molecule has 1 aliphatic heterocycles. The first kappa shape index (κ1) is 20.9. The zero-order valence-corrected chi connectivity index (χ0v) is 16.2. The first-order valence-electron chi connectivity index (χ1n) is 7.08. The molecule has 0 atom stereocenters. The molecule has 0 bridgehead atoms. The molecule has 0 radical (unpaired) electrons. The molecule has 1 rings (SSSR count). The van der Waals surface area contributed by atoms with Crippen molar-refractivity contribution in [2.45, 2.75) is 37.9 Å². The Hall–Kier alpha value is -0.0900. The van der Waals surface area contributed by atoms with Crippen molar-refractivity contribution in [2.75, 3.05) is 32.6 Å². The zero-order chi connectivity index (χ0) is 15.2. The topological polar surface area (TPSA) is 93.8 Å². The summed E-state index contributed by atoms with van der Waals surface area (Å²) in [4.78, 5) is 4.23. The molecule has 0 unspecified atom stereocenters. The lowest BCUT2D eigenvalue weighted by Gasteiger charge is -2.34. The van der Waals surface area contributed by atoms with Gasteiger partial charge in [0, 0.05) is 26.0 Å². The van der Waals surface area contributed by atoms with Gasteiger partial charge in [-0.2, -0.15) is 0 Å². The Morgan fingerprint density at radius 1 is 1.38 bits per heavy atom. The fraction of sp³-hybridized carbons (Fsp3) is 0.923. The number of halogens is 1. The molecule has 21 heavy (non-hydrogen) atoms. The van der Waals surface area contributed by atoms with E-state index in [2.05, 4.69) is 24.2 Å². The van der Waals surface area contributed by atoms with E-state index in [-0.39, 0.29) is 30.5 Å². The van der Waals surface area contributed by atoms with Crippen LogP contribution >= 0.6 is 24.0 Å². The second kappa shape index (κ2) is 9.14. The van der Waals surface area contributed by atoms with Gasteiger partial charge in [-0.15, -0.1) is 24.0 Å². The summed E-state index contributed by atoms with van der Waals surface area (Å²) in [7, 11) is -3.19. The third-order valence-corrected chi connectivity index (χ3v) is 5.87. The second-order valence-electron chi connectivity index (χ2n) is 5.88. The van der Waals surface area contributed by atoms with Crippen molar-refractivity contribution in [2.24, 2.45) is 16.6 Å². The van der Waals surface area contributed by atoms with Crippen LogP contribution in [0.4, 0.5) is 0 Å². The van der Waals surface area contributed by atoms with Crippen LogP contribution in [-0.2, 0) is 14.6 Å². The average Bonchev–Trinajstić information content (AvgIpc) is 2.36. The molecule has 0 saturated carbocycles. The summed E-state index contributed by atoms with van der Waals surface area (Å²) in [5.41, 5.74) is 5.79. The lowest BCUT2D eigenvalue weighted by Crippen LogP contribution is -2.47. The van der Waals surface area contributed by atoms with E-state index in [1.807, 2.05) is 0 Å². The van der Waals surface area contributed by atoms with Gasteiger partial charge in [0.25, 0.3) is 0 Å². The molecule has 0 aromatic heterocycles. The minimum atomic E-state index is -3.19. The van der Waals surface area contributed by atoms with Crippen molar-refractivity contribution in [1.82, 2.24) is 5.32 Å². The third-order valence-electron chi connectivity index (χ3n) is 3.76. The summed E-state index contributed by atoms with van der Waals surface area (Å²) in [6.07, 6.45) is 3.24. The fourth-order valence-corrected chi connectivity index (χ4v) is 3.37. The Morgan fingerprint density at radius 2 is 1.95 bits per heavy atom. The van der Waals surface area contributed by atoms with Crippen molar-refractivity contribution in [3.63, 3.8) is 0 Å². The van der Waals surface area contributed by atoms with Gasteiger partial charge in [0.05, 0.1) is 11.3 Å². The molecule has 0 aromatic rings. The van der Waals surface area contributed by atoms with Crippen molar-refractivity contribution in [3.05, 3.63) is 0 Å². The smallest absolute Gasteiger partial charge is 0.188 e. The minimum absolute atomic E-state index is 0. The lowest BCUT2D eigenvalue weighted by molar-refractivity contribution is 0.0768. The number of hydrogen-bond donors (Lipinski definition) is 2. The Labute approximate surface area is 145 Å². The van der Waals surface area contributed by atoms with Gasteiger partial charge in [-0.25, -0.2) is 8.42 Å². The summed E-state index contributed by atoms with van der Waals surface area (Å²) in [5, 5.41) is 3.02. The SMILES string of the molecule is CC(C)CCNC(N)=NCC1(S(C)(=O)=O)CCOCC1.I. The highest BCUT2D eigenvalue weighted by molar-refractivity contribution is 14.0. The summed E-state index contributed by atoms with van der Waals surface area (Å²) < 4.78 is 28.5. The third kappa shape index (κ3) is 6.68. The molecule has 1 fully saturated rings. The number of ether oxygens (including phenoxy) is 1. The normalized spacial score (nSPS) is 19.1. The Balaban J connectivity index is 0.00000400. The highest BCUT2D eigenvalue weighted by atomic mass is 127. The number of aliphatic imine (C=N–C) groups is 1. The largest absolute Gasteiger partial charge is 0.381 e. The molecule has 0 amide bonds. The average molecular weight is 433 g/mol. The predicted molar refractivity (Wildman–Crippen MR) is 97.0 cm³/mol. The Kier molecular flexibility index (Phi) is 9.10. The van der Waals surface area contributed by atoms with E-state index in [0.29, 0.717) is 37.9 Å². The first-order valence-corrected chi connectivity index (χ1v) is 8.97. The van der Waals surface area contributed by atoms with Gasteiger partial charge in [-0.1, -0.05) is 13.8 Å². The fourth-order valence-electron chi connectivity index (χ4n) is 2.16. The van der Waals surface area contributed by atoms with E-state index in [1.165, 1.54) is 6.26 Å². The molecule has 3 N–H and O–H groups in total. The van der Waals surface area contributed by atoms with Crippen LogP contribution in [0.5, 0.6) is 0 Å². The zero-order valence-electron chi connectivity index (χ0n) is 13.1. The number of nitrogens with one attached hydrogen (secondary N) is 1. The Morgan fingerprint density at radius 3 is 2.43 bits per heavy atom. The van der Waals surface area contributed by atoms with Gasteiger partial charge >= 0.3 is 0 Å². The number of nitrogens with zero attached hydrogens (tertiary/aromatic N) is 1. The number of guanidine groups is 1. The molecular formula is C13H28IN3O3S. The quantitative estimate of drug-likeness (QED) is 0.373. The maximum absolute atomic E-state index is 12.0. The van der Waals surface area contributed by atoms with Crippen molar-refractivity contribution in [1.29, 1.82) is 0 Å². The van der Waals surface area contributed by atoms with Crippen LogP contribution in [0.2, 0.25) is 0 Å². The number of rotatable bonds is 6. The van der Waals surface area contributed by atoms with Crippen molar-refractivity contribution < 1.29 is 13.2 Å². The second-order valence-corrected chi connectivity index (χ2v) is 8.29. The molecule has 1 saturated heterocycles. The van der Waals surface area contributed by atoms with Gasteiger partial charge in [0.1, 0.15) is 0 Å². The van der Waals surface area contributed by atoms with Gasteiger partial charge in [-0.3, -0.25) is 4.99 Å². The van der Waals surface area contributed by atoms with Gasteiger partial charge in [0.15, 0.2) is 15.8 Å². The lowest BCUT2D eigenvalue weighted by atomic mass is 9.99. The van der Waals surface area contributed by atoms with Crippen molar-refractivity contribution in [3.8, 4) is 0 Å². The van der Waals surface area contributed by atoms with Crippen molar-refractivity contribution >= 4 is 39.8 Å². The molecule has 1 heterocycles. The molecule has 0 aromatic carbocycles. The Bertz CT molecular complexity index is 432. The summed E-state index contributed by atoms with van der Waals surface area (Å²) in [6.45, 7) is 6.15. The highest BCUT2D eigenvalue weighted by Crippen LogP contribution is 2.29. The van der Waals surface area contributed by atoms with Crippen LogP contribution in [0.25, 0.3) is 0 Å². The van der Waals surface area contributed by atoms with Gasteiger partial charge < -0.3 is 15.8 Å². The molecule has 8 heteroatoms. The minimum Gasteiger partial charge on any atom is -0.381 e. The molecule has 6 nitrogen and oxygen atoms in total. The first-order chi connectivity index (χ1) is 9.27. The molecule has 0 aliphatic carbocycles. The van der Waals surface area contributed by atoms with Crippen LogP contribution in [0.1, 0.15) is 33.1 Å². The van der Waals surface area contributed by atoms with E-state index in [1.54, 1.807) is 0 Å². The summed E-state index contributed by atoms with van der Waals surface area (Å²) in [6, 6.07) is 0. The highest BCUT2D eigenvalue weighted by Gasteiger charge is 2.42. The molecule has 126 valence electrons. The molecule has 0 spiro atoms. The van der Waals surface area contributed by atoms with E-state index >= 15 is 0 Å². The number of hydrogen-bond acceptors (Lipinski definition) is 4. The maximum atomic E-state index is 12.0. The van der Waals surface area contributed by atoms with Gasteiger partial charge in [-0.05, 0) is 25.2 Å². The van der Waals surface area contributed by atoms with Crippen LogP contribution in [0.3, 0.4) is 0 Å². The van der Waals surface area contributed by atoms with Crippen LogP contribution < -0.4 is 11.1 Å². The monoisotopic (exact) mass is 433 g/mol. The summed E-state index contributed by atoms with van der Waals surface area (Å²) in [5.74, 6) is 0.910. The summed E-state index contributed by atoms with van der Waals surface area (Å²) >= 11 is 0. The van der Waals surface area contributed by atoms with Crippen LogP contribution in [-0.4, -0.2) is 51.7 Å². The number of nitrogens with two attached hydrogens (primary N) is 1. The molecular weight excluding hydrogens is 405 g/mol. The maximum Gasteiger partial charge on any atom is 0.188 e. The van der Waals surface area contributed by atoms with Crippen LogP contribution in [0.15, 0.2) is 4.99 Å². The van der Waals surface area contributed by atoms with Gasteiger partial charge in [0.2, 0.25) is 0 Å². The van der Waals surface area contributed by atoms with Crippen LogP contribution in [0, 0.1) is 5.92 Å². The van der Waals surface area contributed by atoms with E-state index in [4.69, 9.17) is 10.5 Å². The van der Waals surface area contributed by atoms with E-state index in [9.17, 15) is 8.42 Å². The van der Waals surface area contributed by atoms with E-state index in [0.717, 1.165) is 13.0 Å². The standard InChI is InChI=1S/C13H27N3O3S.HI/c1-11(2)4-7-15-12(14)16-10-13(20(3,17)18)5-8-19-9-6-13;/h11H,4-10H2,1-3H3,(H3,14,15,16);1H.